The maximum Gasteiger partial charge on any atom is 0 e. The van der Waals surface area contributed by atoms with Gasteiger partial charge in [0.1, 0.15) is 0 Å². The first-order valence-corrected chi connectivity index (χ1v) is 2.49. The Morgan fingerprint density at radius 3 is 2.00 bits per heavy atom. The van der Waals surface area contributed by atoms with E-state index in [0.29, 0.717) is 0 Å². The molecule has 2 heteroatoms. The van der Waals surface area contributed by atoms with Crippen LogP contribution < -0.4 is 0 Å². The molecule has 1 rings (SSSR count). The summed E-state index contributed by atoms with van der Waals surface area (Å²) < 4.78 is 0. The molecular formula is C6H5SV-. The molecule has 0 bridgehead atoms. The summed E-state index contributed by atoms with van der Waals surface area (Å²) in [7, 11) is 0. The second-order valence-corrected chi connectivity index (χ2v) is 1.77. The quantitative estimate of drug-likeness (QED) is 0.434. The molecule has 0 amide bonds. The van der Waals surface area contributed by atoms with Crippen LogP contribution in [0.4, 0.5) is 0 Å². The van der Waals surface area contributed by atoms with E-state index in [2.05, 4.69) is 18.7 Å². The maximum atomic E-state index is 4.06. The molecule has 0 unspecified atom stereocenters. The van der Waals surface area contributed by atoms with Crippen molar-refractivity contribution < 1.29 is 18.6 Å². The van der Waals surface area contributed by atoms with Crippen molar-refractivity contribution in [3.05, 3.63) is 30.3 Å². The minimum atomic E-state index is 0. The van der Waals surface area contributed by atoms with Gasteiger partial charge < -0.3 is 0 Å². The Morgan fingerprint density at radius 1 is 1.25 bits per heavy atom. The van der Waals surface area contributed by atoms with E-state index < -0.39 is 0 Å². The molecule has 0 aliphatic carbocycles. The summed E-state index contributed by atoms with van der Waals surface area (Å²) in [6, 6.07) is 10.3. The van der Waals surface area contributed by atoms with Gasteiger partial charge in [-0.1, -0.05) is 0 Å². The van der Waals surface area contributed by atoms with Crippen molar-refractivity contribution in [1.29, 1.82) is 0 Å². The molecule has 0 saturated heterocycles. The van der Waals surface area contributed by atoms with Gasteiger partial charge in [0.25, 0.3) is 0 Å². The first kappa shape index (κ1) is 8.15. The third-order valence-corrected chi connectivity index (χ3v) is 0.999. The van der Waals surface area contributed by atoms with Crippen LogP contribution in [-0.2, 0) is 18.6 Å². The molecule has 0 nitrogen and oxygen atoms in total. The van der Waals surface area contributed by atoms with Crippen LogP contribution in [0.2, 0.25) is 0 Å². The zero-order valence-electron chi connectivity index (χ0n) is 4.20. The Kier molecular flexibility index (Phi) is 4.15. The van der Waals surface area contributed by atoms with Crippen molar-refractivity contribution in [2.45, 2.75) is 4.90 Å². The fraction of sp³-hybridized carbons (Fsp3) is 0. The number of hydrogen-bond donors (Lipinski definition) is 1. The Balaban J connectivity index is 0.000000490. The van der Waals surface area contributed by atoms with Crippen molar-refractivity contribution in [2.24, 2.45) is 0 Å². The smallest absolute Gasteiger partial charge is 0 e. The van der Waals surface area contributed by atoms with Crippen LogP contribution in [0, 0.1) is 6.07 Å². The van der Waals surface area contributed by atoms with Crippen molar-refractivity contribution >= 4 is 12.6 Å². The van der Waals surface area contributed by atoms with Gasteiger partial charge in [-0.2, -0.15) is 43.0 Å². The number of benzene rings is 1. The van der Waals surface area contributed by atoms with Crippen LogP contribution in [0.1, 0.15) is 0 Å². The standard InChI is InChI=1S/C6H5S.V/c7-6-4-2-1-3-5-6;/h2-5,7H;/q-1;. The molecule has 0 N–H and O–H groups in total. The summed E-state index contributed by atoms with van der Waals surface area (Å²) in [5, 5.41) is 0. The first-order chi connectivity index (χ1) is 3.39. The van der Waals surface area contributed by atoms with Crippen molar-refractivity contribution in [3.8, 4) is 0 Å². The maximum absolute atomic E-state index is 4.06. The molecule has 0 atom stereocenters. The van der Waals surface area contributed by atoms with E-state index in [0.717, 1.165) is 4.90 Å². The van der Waals surface area contributed by atoms with E-state index in [1.807, 2.05) is 24.3 Å². The van der Waals surface area contributed by atoms with E-state index in [1.54, 1.807) is 0 Å². The van der Waals surface area contributed by atoms with E-state index in [4.69, 9.17) is 0 Å². The number of thiol groups is 1. The van der Waals surface area contributed by atoms with Gasteiger partial charge in [0.15, 0.2) is 0 Å². The summed E-state index contributed by atoms with van der Waals surface area (Å²) in [6.07, 6.45) is 0. The SMILES string of the molecule is Sc1cc[c-]cc1.[V]. The van der Waals surface area contributed by atoms with Gasteiger partial charge in [-0.25, -0.2) is 0 Å². The van der Waals surface area contributed by atoms with Gasteiger partial charge in [-0.3, -0.25) is 0 Å². The largest absolute Gasteiger partial charge is 0.184 e. The van der Waals surface area contributed by atoms with Crippen LogP contribution in [0.3, 0.4) is 0 Å². The summed E-state index contributed by atoms with van der Waals surface area (Å²) >= 11 is 4.06. The zero-order chi connectivity index (χ0) is 5.11. The van der Waals surface area contributed by atoms with Gasteiger partial charge in [0, 0.05) is 18.6 Å². The minimum absolute atomic E-state index is 0. The first-order valence-electron chi connectivity index (χ1n) is 2.04. The molecule has 0 heterocycles. The molecule has 0 aromatic heterocycles. The second-order valence-electron chi connectivity index (χ2n) is 1.26. The van der Waals surface area contributed by atoms with Crippen molar-refractivity contribution in [1.82, 2.24) is 0 Å². The van der Waals surface area contributed by atoms with Crippen LogP contribution in [0.25, 0.3) is 0 Å². The van der Waals surface area contributed by atoms with Crippen molar-refractivity contribution in [2.75, 3.05) is 0 Å². The Labute approximate surface area is 66.6 Å². The van der Waals surface area contributed by atoms with Crippen LogP contribution in [0.5, 0.6) is 0 Å². The second kappa shape index (κ2) is 4.08. The van der Waals surface area contributed by atoms with E-state index >= 15 is 0 Å². The predicted molar refractivity (Wildman–Crippen MR) is 32.5 cm³/mol. The molecule has 0 fully saturated rings. The van der Waals surface area contributed by atoms with E-state index in [9.17, 15) is 0 Å². The average molecular weight is 160 g/mol. The summed E-state index contributed by atoms with van der Waals surface area (Å²) in [4.78, 5) is 0.985. The third kappa shape index (κ3) is 2.46. The third-order valence-electron chi connectivity index (χ3n) is 0.701. The fourth-order valence-electron chi connectivity index (χ4n) is 0.378. The van der Waals surface area contributed by atoms with Gasteiger partial charge in [0.05, 0.1) is 0 Å². The number of hydrogen-bond acceptors (Lipinski definition) is 1. The number of rotatable bonds is 0. The Morgan fingerprint density at radius 2 is 1.75 bits per heavy atom. The molecule has 41 valence electrons. The topological polar surface area (TPSA) is 0 Å². The predicted octanol–water partition coefficient (Wildman–Crippen LogP) is 1.77. The van der Waals surface area contributed by atoms with Crippen LogP contribution >= 0.6 is 12.6 Å². The molecule has 0 aliphatic rings. The van der Waals surface area contributed by atoms with Crippen LogP contribution in [-0.4, -0.2) is 0 Å². The van der Waals surface area contributed by atoms with Crippen LogP contribution in [0.15, 0.2) is 29.2 Å². The van der Waals surface area contributed by atoms with E-state index in [1.165, 1.54) is 0 Å². The molecular weight excluding hydrogens is 155 g/mol. The monoisotopic (exact) mass is 160 g/mol. The fourth-order valence-corrected chi connectivity index (χ4v) is 0.527. The van der Waals surface area contributed by atoms with E-state index in [-0.39, 0.29) is 18.6 Å². The van der Waals surface area contributed by atoms with Gasteiger partial charge >= 0.3 is 0 Å². The molecule has 1 radical (unpaired) electrons. The molecule has 0 saturated carbocycles. The van der Waals surface area contributed by atoms with Crippen molar-refractivity contribution in [3.63, 3.8) is 0 Å². The summed E-state index contributed by atoms with van der Waals surface area (Å²) in [5.41, 5.74) is 0. The zero-order valence-corrected chi connectivity index (χ0v) is 6.49. The molecule has 1 aromatic rings. The summed E-state index contributed by atoms with van der Waals surface area (Å²) in [6.45, 7) is 0. The average Bonchev–Trinajstić information content (AvgIpc) is 1.69. The van der Waals surface area contributed by atoms with Gasteiger partial charge in [0.2, 0.25) is 0 Å². The molecule has 8 heavy (non-hydrogen) atoms. The van der Waals surface area contributed by atoms with Gasteiger partial charge in [-0.05, 0) is 0 Å². The summed E-state index contributed by atoms with van der Waals surface area (Å²) in [5.74, 6) is 0. The van der Waals surface area contributed by atoms with Gasteiger partial charge in [-0.15, -0.1) is 4.90 Å². The molecule has 0 spiro atoms. The molecule has 0 aliphatic heterocycles. The Bertz CT molecular complexity index is 138. The Hall–Kier alpha value is 0.154. The minimum Gasteiger partial charge on any atom is -0.184 e. The normalized spacial score (nSPS) is 7.62. The molecule has 1 aromatic carbocycles.